The summed E-state index contributed by atoms with van der Waals surface area (Å²) in [5, 5.41) is 3.16. The zero-order chi connectivity index (χ0) is 19.9. The van der Waals surface area contributed by atoms with Crippen LogP contribution in [0.3, 0.4) is 0 Å². The van der Waals surface area contributed by atoms with Crippen molar-refractivity contribution in [3.8, 4) is 0 Å². The lowest BCUT2D eigenvalue weighted by molar-refractivity contribution is -0.115. The van der Waals surface area contributed by atoms with Crippen LogP contribution in [-0.2, 0) is 17.0 Å². The lowest BCUT2D eigenvalue weighted by Crippen LogP contribution is -2.18. The molecule has 2 aromatic carbocycles. The Labute approximate surface area is 170 Å². The number of carbonyl (C=O) groups excluding carboxylic acids is 1. The van der Waals surface area contributed by atoms with E-state index in [9.17, 15) is 14.0 Å². The van der Waals surface area contributed by atoms with Gasteiger partial charge in [0.15, 0.2) is 5.16 Å². The van der Waals surface area contributed by atoms with Gasteiger partial charge in [-0.05, 0) is 36.1 Å². The summed E-state index contributed by atoms with van der Waals surface area (Å²) < 4.78 is 13.7. The molecule has 0 aliphatic heterocycles. The summed E-state index contributed by atoms with van der Waals surface area (Å²) in [4.78, 5) is 32.2. The summed E-state index contributed by atoms with van der Waals surface area (Å²) in [6.07, 6.45) is 1.93. The first-order valence-corrected chi connectivity index (χ1v) is 10.6. The van der Waals surface area contributed by atoms with Crippen LogP contribution in [0.4, 0.5) is 10.1 Å². The third kappa shape index (κ3) is 5.71. The molecule has 0 fully saturated rings. The topological polar surface area (TPSA) is 74.8 Å². The van der Waals surface area contributed by atoms with E-state index in [1.165, 1.54) is 23.9 Å². The van der Waals surface area contributed by atoms with E-state index in [2.05, 4.69) is 15.3 Å². The highest BCUT2D eigenvalue weighted by atomic mass is 32.2. The predicted octanol–water partition coefficient (Wildman–Crippen LogP) is 4.10. The Morgan fingerprint density at radius 1 is 1.18 bits per heavy atom. The van der Waals surface area contributed by atoms with E-state index in [-0.39, 0.29) is 23.7 Å². The zero-order valence-corrected chi connectivity index (χ0v) is 16.7. The number of carbonyl (C=O) groups is 1. The molecule has 28 heavy (non-hydrogen) atoms. The molecule has 0 saturated carbocycles. The number of halogens is 1. The van der Waals surface area contributed by atoms with Crippen molar-refractivity contribution in [3.05, 3.63) is 82.0 Å². The molecule has 5 nitrogen and oxygen atoms in total. The highest BCUT2D eigenvalue weighted by Gasteiger charge is 2.10. The Morgan fingerprint density at radius 3 is 2.79 bits per heavy atom. The second kappa shape index (κ2) is 9.57. The fraction of sp³-hybridized carbons (Fsp3) is 0.150. The quantitative estimate of drug-likeness (QED) is 0.449. The largest absolute Gasteiger partial charge is 0.326 e. The lowest BCUT2D eigenvalue weighted by Gasteiger charge is -2.07. The van der Waals surface area contributed by atoms with Crippen LogP contribution in [0.1, 0.15) is 11.3 Å². The Bertz CT molecular complexity index is 1040. The summed E-state index contributed by atoms with van der Waals surface area (Å²) in [5.41, 5.74) is 1.22. The van der Waals surface area contributed by atoms with Crippen molar-refractivity contribution in [1.82, 2.24) is 9.97 Å². The van der Waals surface area contributed by atoms with Gasteiger partial charge in [-0.1, -0.05) is 36.0 Å². The molecule has 0 aliphatic carbocycles. The first kappa shape index (κ1) is 20.2. The second-order valence-electron chi connectivity index (χ2n) is 5.88. The smallest absolute Gasteiger partial charge is 0.251 e. The van der Waals surface area contributed by atoms with E-state index in [1.54, 1.807) is 36.0 Å². The van der Waals surface area contributed by atoms with E-state index in [1.807, 2.05) is 24.5 Å². The number of nitrogens with one attached hydrogen (secondary N) is 2. The minimum absolute atomic E-state index is 0.0271. The number of aromatic amines is 1. The molecule has 2 N–H and O–H groups in total. The number of thioether (sulfide) groups is 2. The average Bonchev–Trinajstić information content (AvgIpc) is 2.67. The molecule has 1 amide bonds. The van der Waals surface area contributed by atoms with Gasteiger partial charge < -0.3 is 10.3 Å². The minimum Gasteiger partial charge on any atom is -0.326 e. The SMILES string of the molecule is CSc1cccc(NC(=O)Cc2cc(=O)[nH]c(SCc3ccccc3F)n2)c1. The molecule has 0 saturated heterocycles. The number of aromatic nitrogens is 2. The van der Waals surface area contributed by atoms with Gasteiger partial charge in [0.1, 0.15) is 5.82 Å². The first-order chi connectivity index (χ1) is 13.5. The molecule has 0 spiro atoms. The third-order valence-electron chi connectivity index (χ3n) is 3.79. The number of hydrogen-bond acceptors (Lipinski definition) is 5. The Hall–Kier alpha value is -2.58. The van der Waals surface area contributed by atoms with Crippen LogP contribution in [0.15, 0.2) is 69.4 Å². The van der Waals surface area contributed by atoms with Gasteiger partial charge in [0.25, 0.3) is 5.56 Å². The van der Waals surface area contributed by atoms with Gasteiger partial charge >= 0.3 is 0 Å². The second-order valence-corrected chi connectivity index (χ2v) is 7.72. The zero-order valence-electron chi connectivity index (χ0n) is 15.1. The molecule has 1 heterocycles. The van der Waals surface area contributed by atoms with Crippen LogP contribution < -0.4 is 10.9 Å². The van der Waals surface area contributed by atoms with E-state index in [0.717, 1.165) is 4.90 Å². The lowest BCUT2D eigenvalue weighted by atomic mass is 10.2. The summed E-state index contributed by atoms with van der Waals surface area (Å²) >= 11 is 2.79. The molecule has 3 aromatic rings. The monoisotopic (exact) mass is 415 g/mol. The van der Waals surface area contributed by atoms with Crippen molar-refractivity contribution < 1.29 is 9.18 Å². The maximum atomic E-state index is 13.7. The number of anilines is 1. The van der Waals surface area contributed by atoms with E-state index in [4.69, 9.17) is 0 Å². The molecule has 3 rings (SSSR count). The number of benzene rings is 2. The van der Waals surface area contributed by atoms with E-state index < -0.39 is 0 Å². The van der Waals surface area contributed by atoms with Gasteiger partial charge in [-0.3, -0.25) is 9.59 Å². The van der Waals surface area contributed by atoms with Crippen molar-refractivity contribution in [2.45, 2.75) is 22.2 Å². The number of nitrogens with zero attached hydrogens (tertiary/aromatic N) is 1. The number of rotatable bonds is 7. The molecule has 0 unspecified atom stereocenters. The molecular weight excluding hydrogens is 397 g/mol. The molecule has 1 aromatic heterocycles. The van der Waals surface area contributed by atoms with Crippen molar-refractivity contribution in [3.63, 3.8) is 0 Å². The average molecular weight is 416 g/mol. The van der Waals surface area contributed by atoms with Crippen molar-refractivity contribution >= 4 is 35.1 Å². The molecule has 144 valence electrons. The molecule has 0 aliphatic rings. The van der Waals surface area contributed by atoms with E-state index >= 15 is 0 Å². The van der Waals surface area contributed by atoms with Crippen LogP contribution in [0, 0.1) is 5.82 Å². The highest BCUT2D eigenvalue weighted by molar-refractivity contribution is 7.98. The van der Waals surface area contributed by atoms with Gasteiger partial charge in [-0.25, -0.2) is 9.37 Å². The Kier molecular flexibility index (Phi) is 6.89. The summed E-state index contributed by atoms with van der Waals surface area (Å²) in [6, 6.07) is 15.2. The number of H-pyrrole nitrogens is 1. The molecule has 8 heteroatoms. The predicted molar refractivity (Wildman–Crippen MR) is 111 cm³/mol. The minimum atomic E-state index is -0.349. The van der Waals surface area contributed by atoms with Gasteiger partial charge in [-0.2, -0.15) is 0 Å². The highest BCUT2D eigenvalue weighted by Crippen LogP contribution is 2.21. The normalized spacial score (nSPS) is 10.6. The molecule has 0 radical (unpaired) electrons. The maximum absolute atomic E-state index is 13.7. The van der Waals surface area contributed by atoms with Gasteiger partial charge in [0.2, 0.25) is 5.91 Å². The molecule has 0 bridgehead atoms. The van der Waals surface area contributed by atoms with Crippen LogP contribution in [-0.4, -0.2) is 22.1 Å². The van der Waals surface area contributed by atoms with Gasteiger partial charge in [-0.15, -0.1) is 11.8 Å². The summed E-state index contributed by atoms with van der Waals surface area (Å²) in [7, 11) is 0. The van der Waals surface area contributed by atoms with Crippen LogP contribution >= 0.6 is 23.5 Å². The number of amides is 1. The third-order valence-corrected chi connectivity index (χ3v) is 5.44. The van der Waals surface area contributed by atoms with Crippen molar-refractivity contribution in [2.24, 2.45) is 0 Å². The standard InChI is InChI=1S/C20H18FN3O2S2/c1-27-16-7-4-6-14(9-16)22-18(25)10-15-11-19(26)24-20(23-15)28-12-13-5-2-3-8-17(13)21/h2-9,11H,10,12H2,1H3,(H,22,25)(H,23,24,26). The van der Waals surface area contributed by atoms with Gasteiger partial charge in [0, 0.05) is 22.4 Å². The first-order valence-electron chi connectivity index (χ1n) is 8.44. The number of hydrogen-bond donors (Lipinski definition) is 2. The molecular formula is C20H18FN3O2S2. The maximum Gasteiger partial charge on any atom is 0.251 e. The van der Waals surface area contributed by atoms with Crippen LogP contribution in [0.5, 0.6) is 0 Å². The fourth-order valence-corrected chi connectivity index (χ4v) is 3.81. The molecule has 0 atom stereocenters. The van der Waals surface area contributed by atoms with E-state index in [0.29, 0.717) is 27.9 Å². The fourth-order valence-electron chi connectivity index (χ4n) is 2.47. The van der Waals surface area contributed by atoms with Crippen LogP contribution in [0.2, 0.25) is 0 Å². The summed E-state index contributed by atoms with van der Waals surface area (Å²) in [6.45, 7) is 0. The Morgan fingerprint density at radius 2 is 2.00 bits per heavy atom. The van der Waals surface area contributed by atoms with Crippen molar-refractivity contribution in [2.75, 3.05) is 11.6 Å². The summed E-state index contributed by atoms with van der Waals surface area (Å²) in [5.74, 6) is -0.242. The van der Waals surface area contributed by atoms with Crippen molar-refractivity contribution in [1.29, 1.82) is 0 Å². The van der Waals surface area contributed by atoms with Crippen LogP contribution in [0.25, 0.3) is 0 Å². The Balaban J connectivity index is 1.66. The van der Waals surface area contributed by atoms with Gasteiger partial charge in [0.05, 0.1) is 12.1 Å².